The Morgan fingerprint density at radius 3 is 2.78 bits per heavy atom. The third-order valence-corrected chi connectivity index (χ3v) is 3.40. The molecule has 98 valence electrons. The van der Waals surface area contributed by atoms with Gasteiger partial charge >= 0.3 is 0 Å². The number of para-hydroxylation sites is 1. The molecule has 3 heteroatoms. The smallest absolute Gasteiger partial charge is 0.164 e. The predicted molar refractivity (Wildman–Crippen MR) is 70.3 cm³/mol. The first-order valence-corrected chi connectivity index (χ1v) is 6.61. The summed E-state index contributed by atoms with van der Waals surface area (Å²) in [4.78, 5) is 10.5. The first-order chi connectivity index (χ1) is 8.85. The fourth-order valence-corrected chi connectivity index (χ4v) is 2.44. The summed E-state index contributed by atoms with van der Waals surface area (Å²) in [5.41, 5.74) is 1.06. The number of benzene rings is 1. The van der Waals surface area contributed by atoms with E-state index >= 15 is 0 Å². The van der Waals surface area contributed by atoms with Crippen LogP contribution in [0, 0.1) is 0 Å². The zero-order chi connectivity index (χ0) is 12.8. The summed E-state index contributed by atoms with van der Waals surface area (Å²) in [6, 6.07) is 5.87. The minimum Gasteiger partial charge on any atom is -0.493 e. The molecular formula is C15H20O3. The van der Waals surface area contributed by atoms with E-state index in [-0.39, 0.29) is 0 Å². The zero-order valence-corrected chi connectivity index (χ0v) is 10.9. The van der Waals surface area contributed by atoms with Crippen LogP contribution in [0.2, 0.25) is 0 Å². The van der Waals surface area contributed by atoms with Crippen molar-refractivity contribution >= 4 is 6.29 Å². The molecule has 1 aromatic carbocycles. The van der Waals surface area contributed by atoms with E-state index in [0.717, 1.165) is 36.2 Å². The standard InChI is InChI=1S/C15H20O3/c1-17-14-10-4-6-12(7-5-11-16)15(14)18-13-8-2-3-9-13/h4,6,10-11,13H,2-3,5,7-9H2,1H3. The summed E-state index contributed by atoms with van der Waals surface area (Å²) in [5.74, 6) is 1.60. The van der Waals surface area contributed by atoms with Crippen molar-refractivity contribution in [1.82, 2.24) is 0 Å². The number of aryl methyl sites for hydroxylation is 1. The Morgan fingerprint density at radius 2 is 2.11 bits per heavy atom. The zero-order valence-electron chi connectivity index (χ0n) is 10.9. The van der Waals surface area contributed by atoms with Crippen molar-refractivity contribution in [2.45, 2.75) is 44.6 Å². The van der Waals surface area contributed by atoms with E-state index in [1.54, 1.807) is 7.11 Å². The number of carbonyl (C=O) groups is 1. The molecule has 1 aliphatic carbocycles. The van der Waals surface area contributed by atoms with Gasteiger partial charge in [0, 0.05) is 6.42 Å². The van der Waals surface area contributed by atoms with Crippen molar-refractivity contribution in [3.05, 3.63) is 23.8 Å². The summed E-state index contributed by atoms with van der Waals surface area (Å²) >= 11 is 0. The van der Waals surface area contributed by atoms with Gasteiger partial charge in [-0.25, -0.2) is 0 Å². The van der Waals surface area contributed by atoms with Crippen LogP contribution in [-0.2, 0) is 11.2 Å². The molecule has 0 aliphatic heterocycles. The highest BCUT2D eigenvalue weighted by Gasteiger charge is 2.20. The van der Waals surface area contributed by atoms with Gasteiger partial charge in [-0.1, -0.05) is 12.1 Å². The highest BCUT2D eigenvalue weighted by atomic mass is 16.5. The molecule has 1 aliphatic rings. The Morgan fingerprint density at radius 1 is 1.33 bits per heavy atom. The normalized spacial score (nSPS) is 15.6. The van der Waals surface area contributed by atoms with Crippen LogP contribution in [0.3, 0.4) is 0 Å². The number of carbonyl (C=O) groups excluding carboxylic acids is 1. The molecule has 0 radical (unpaired) electrons. The first kappa shape index (κ1) is 12.9. The molecule has 1 saturated carbocycles. The summed E-state index contributed by atoms with van der Waals surface area (Å²) in [5, 5.41) is 0. The van der Waals surface area contributed by atoms with Crippen LogP contribution < -0.4 is 9.47 Å². The average molecular weight is 248 g/mol. The van der Waals surface area contributed by atoms with Gasteiger partial charge in [-0.05, 0) is 43.7 Å². The number of aldehydes is 1. The second-order valence-corrected chi connectivity index (χ2v) is 4.68. The molecule has 18 heavy (non-hydrogen) atoms. The highest BCUT2D eigenvalue weighted by molar-refractivity contribution is 5.53. The Bertz CT molecular complexity index is 395. The van der Waals surface area contributed by atoms with Crippen molar-refractivity contribution in [2.75, 3.05) is 7.11 Å². The van der Waals surface area contributed by atoms with E-state index in [4.69, 9.17) is 9.47 Å². The number of ether oxygens (including phenoxy) is 2. The fourth-order valence-electron chi connectivity index (χ4n) is 2.44. The molecule has 0 heterocycles. The molecule has 0 amide bonds. The van der Waals surface area contributed by atoms with E-state index in [2.05, 4.69) is 0 Å². The SMILES string of the molecule is COc1cccc(CCC=O)c1OC1CCCC1. The lowest BCUT2D eigenvalue weighted by molar-refractivity contribution is -0.107. The lowest BCUT2D eigenvalue weighted by Crippen LogP contribution is -2.13. The number of hydrogen-bond acceptors (Lipinski definition) is 3. The molecular weight excluding hydrogens is 228 g/mol. The molecule has 0 N–H and O–H groups in total. The maximum absolute atomic E-state index is 10.5. The topological polar surface area (TPSA) is 35.5 Å². The number of hydrogen-bond donors (Lipinski definition) is 0. The predicted octanol–water partition coefficient (Wildman–Crippen LogP) is 3.15. The minimum absolute atomic E-state index is 0.302. The molecule has 0 saturated heterocycles. The van der Waals surface area contributed by atoms with Crippen LogP contribution in [0.25, 0.3) is 0 Å². The van der Waals surface area contributed by atoms with Crippen LogP contribution in [0.5, 0.6) is 11.5 Å². The van der Waals surface area contributed by atoms with E-state index in [0.29, 0.717) is 18.9 Å². The van der Waals surface area contributed by atoms with Crippen molar-refractivity contribution < 1.29 is 14.3 Å². The molecule has 3 nitrogen and oxygen atoms in total. The van der Waals surface area contributed by atoms with Crippen molar-refractivity contribution in [3.8, 4) is 11.5 Å². The quantitative estimate of drug-likeness (QED) is 0.725. The second-order valence-electron chi connectivity index (χ2n) is 4.68. The van der Waals surface area contributed by atoms with E-state index in [1.165, 1.54) is 12.8 Å². The first-order valence-electron chi connectivity index (χ1n) is 6.61. The van der Waals surface area contributed by atoms with Gasteiger partial charge < -0.3 is 14.3 Å². The third kappa shape index (κ3) is 3.03. The molecule has 0 aromatic heterocycles. The van der Waals surface area contributed by atoms with Crippen LogP contribution in [0.15, 0.2) is 18.2 Å². The van der Waals surface area contributed by atoms with Crippen molar-refractivity contribution in [1.29, 1.82) is 0 Å². The lowest BCUT2D eigenvalue weighted by atomic mass is 10.1. The van der Waals surface area contributed by atoms with Crippen LogP contribution >= 0.6 is 0 Å². The molecule has 1 fully saturated rings. The van der Waals surface area contributed by atoms with Gasteiger partial charge in [0.05, 0.1) is 13.2 Å². The molecule has 0 atom stereocenters. The monoisotopic (exact) mass is 248 g/mol. The molecule has 1 aromatic rings. The fraction of sp³-hybridized carbons (Fsp3) is 0.533. The summed E-state index contributed by atoms with van der Waals surface area (Å²) in [6.07, 6.45) is 7.19. The van der Waals surface area contributed by atoms with Gasteiger partial charge in [0.1, 0.15) is 6.29 Å². The second kappa shape index (κ2) is 6.43. The number of methoxy groups -OCH3 is 1. The van der Waals surface area contributed by atoms with Crippen molar-refractivity contribution in [2.24, 2.45) is 0 Å². The summed E-state index contributed by atoms with van der Waals surface area (Å²) in [7, 11) is 1.65. The van der Waals surface area contributed by atoms with E-state index in [9.17, 15) is 4.79 Å². The number of rotatable bonds is 6. The van der Waals surface area contributed by atoms with Crippen LogP contribution in [0.1, 0.15) is 37.7 Å². The van der Waals surface area contributed by atoms with E-state index < -0.39 is 0 Å². The largest absolute Gasteiger partial charge is 0.493 e. The Balaban J connectivity index is 2.18. The third-order valence-electron chi connectivity index (χ3n) is 3.40. The highest BCUT2D eigenvalue weighted by Crippen LogP contribution is 2.35. The summed E-state index contributed by atoms with van der Waals surface area (Å²) < 4.78 is 11.4. The summed E-state index contributed by atoms with van der Waals surface area (Å²) in [6.45, 7) is 0. The lowest BCUT2D eigenvalue weighted by Gasteiger charge is -2.18. The van der Waals surface area contributed by atoms with Gasteiger partial charge in [0.25, 0.3) is 0 Å². The Labute approximate surface area is 108 Å². The maximum Gasteiger partial charge on any atom is 0.164 e. The van der Waals surface area contributed by atoms with Crippen molar-refractivity contribution in [3.63, 3.8) is 0 Å². The van der Waals surface area contributed by atoms with Gasteiger partial charge in [-0.2, -0.15) is 0 Å². The van der Waals surface area contributed by atoms with Crippen LogP contribution in [0.4, 0.5) is 0 Å². The molecule has 0 unspecified atom stereocenters. The Hall–Kier alpha value is -1.51. The van der Waals surface area contributed by atoms with Gasteiger partial charge in [0.15, 0.2) is 11.5 Å². The maximum atomic E-state index is 10.5. The average Bonchev–Trinajstić information content (AvgIpc) is 2.90. The molecule has 0 spiro atoms. The van der Waals surface area contributed by atoms with Gasteiger partial charge in [-0.15, -0.1) is 0 Å². The van der Waals surface area contributed by atoms with Gasteiger partial charge in [0.2, 0.25) is 0 Å². The van der Waals surface area contributed by atoms with E-state index in [1.807, 2.05) is 18.2 Å². The van der Waals surface area contributed by atoms with Gasteiger partial charge in [-0.3, -0.25) is 0 Å². The Kier molecular flexibility index (Phi) is 4.62. The molecule has 0 bridgehead atoms. The van der Waals surface area contributed by atoms with Crippen LogP contribution in [-0.4, -0.2) is 19.5 Å². The minimum atomic E-state index is 0.302. The molecule has 2 rings (SSSR count).